The zero-order valence-electron chi connectivity index (χ0n) is 14.0. The summed E-state index contributed by atoms with van der Waals surface area (Å²) in [4.78, 5) is 4.68. The van der Waals surface area contributed by atoms with Gasteiger partial charge < -0.3 is 10.1 Å². The Balaban J connectivity index is 1.78. The van der Waals surface area contributed by atoms with Crippen LogP contribution < -0.4 is 10.1 Å². The number of halogens is 1. The van der Waals surface area contributed by atoms with Crippen molar-refractivity contribution in [3.8, 4) is 5.75 Å². The summed E-state index contributed by atoms with van der Waals surface area (Å²) in [6, 6.07) is 16.5. The van der Waals surface area contributed by atoms with Crippen molar-refractivity contribution in [3.63, 3.8) is 0 Å². The lowest BCUT2D eigenvalue weighted by Gasteiger charge is -2.13. The Hall–Kier alpha value is -2.07. The Kier molecular flexibility index (Phi) is 5.36. The largest absolute Gasteiger partial charge is 0.493 e. The minimum atomic E-state index is 0.686. The minimum absolute atomic E-state index is 0.686. The van der Waals surface area contributed by atoms with Gasteiger partial charge in [-0.15, -0.1) is 0 Å². The lowest BCUT2D eigenvalue weighted by Crippen LogP contribution is -2.05. The van der Waals surface area contributed by atoms with Gasteiger partial charge in [-0.25, -0.2) is 4.98 Å². The summed E-state index contributed by atoms with van der Waals surface area (Å²) in [6.45, 7) is 5.62. The van der Waals surface area contributed by atoms with Gasteiger partial charge in [-0.1, -0.05) is 41.1 Å². The number of anilines is 1. The number of pyridine rings is 1. The number of hydrogen-bond donors (Lipinski definition) is 1. The number of aryl methyl sites for hydroxylation is 1. The summed E-state index contributed by atoms with van der Waals surface area (Å²) in [6.07, 6.45) is 1.00. The smallest absolute Gasteiger partial charge is 0.126 e. The molecule has 4 heteroatoms. The number of nitrogens with zero attached hydrogens (tertiary/aromatic N) is 1. The van der Waals surface area contributed by atoms with Crippen LogP contribution in [0.2, 0.25) is 0 Å². The number of benzene rings is 2. The monoisotopic (exact) mass is 384 g/mol. The van der Waals surface area contributed by atoms with Crippen LogP contribution in [0.25, 0.3) is 10.9 Å². The van der Waals surface area contributed by atoms with Crippen molar-refractivity contribution in [2.75, 3.05) is 11.9 Å². The van der Waals surface area contributed by atoms with Crippen LogP contribution in [0.1, 0.15) is 24.5 Å². The van der Waals surface area contributed by atoms with Gasteiger partial charge in [0.2, 0.25) is 0 Å². The van der Waals surface area contributed by atoms with Crippen molar-refractivity contribution in [1.82, 2.24) is 4.98 Å². The second-order valence-electron chi connectivity index (χ2n) is 5.85. The van der Waals surface area contributed by atoms with Crippen LogP contribution in [0.4, 0.5) is 5.82 Å². The molecule has 0 unspecified atom stereocenters. The highest BCUT2D eigenvalue weighted by Gasteiger charge is 2.05. The van der Waals surface area contributed by atoms with E-state index in [1.807, 2.05) is 18.2 Å². The summed E-state index contributed by atoms with van der Waals surface area (Å²) in [5.74, 6) is 1.82. The highest BCUT2D eigenvalue weighted by Crippen LogP contribution is 2.23. The van der Waals surface area contributed by atoms with Crippen molar-refractivity contribution in [1.29, 1.82) is 0 Å². The summed E-state index contributed by atoms with van der Waals surface area (Å²) in [5, 5.41) is 4.53. The fraction of sp³-hybridized carbons (Fsp3) is 0.250. The van der Waals surface area contributed by atoms with Gasteiger partial charge in [0.25, 0.3) is 0 Å². The zero-order chi connectivity index (χ0) is 16.9. The predicted molar refractivity (Wildman–Crippen MR) is 104 cm³/mol. The average Bonchev–Trinajstić information content (AvgIpc) is 2.58. The SMILES string of the molecule is CCCOc1cc(C)ccc1CNc1ccc2ccc(Br)cc2n1. The molecule has 0 saturated heterocycles. The third-order valence-electron chi connectivity index (χ3n) is 3.80. The van der Waals surface area contributed by atoms with Crippen LogP contribution >= 0.6 is 15.9 Å². The summed E-state index contributed by atoms with van der Waals surface area (Å²) in [7, 11) is 0. The van der Waals surface area contributed by atoms with Gasteiger partial charge in [0.1, 0.15) is 11.6 Å². The number of fused-ring (bicyclic) bond motifs is 1. The second-order valence-corrected chi connectivity index (χ2v) is 6.76. The van der Waals surface area contributed by atoms with E-state index in [1.54, 1.807) is 0 Å². The average molecular weight is 385 g/mol. The summed E-state index contributed by atoms with van der Waals surface area (Å²) >= 11 is 3.50. The molecular weight excluding hydrogens is 364 g/mol. The first-order chi connectivity index (χ1) is 11.7. The molecule has 1 aromatic heterocycles. The van der Waals surface area contributed by atoms with E-state index in [0.717, 1.165) is 45.5 Å². The Labute approximate surface area is 151 Å². The van der Waals surface area contributed by atoms with E-state index in [9.17, 15) is 0 Å². The van der Waals surface area contributed by atoms with Crippen molar-refractivity contribution < 1.29 is 4.74 Å². The van der Waals surface area contributed by atoms with Crippen LogP contribution in [0.3, 0.4) is 0 Å². The summed E-state index contributed by atoms with van der Waals surface area (Å²) in [5.41, 5.74) is 3.32. The van der Waals surface area contributed by atoms with Gasteiger partial charge in [0.15, 0.2) is 0 Å². The normalized spacial score (nSPS) is 10.8. The van der Waals surface area contributed by atoms with Crippen molar-refractivity contribution >= 4 is 32.7 Å². The molecule has 0 aliphatic heterocycles. The Morgan fingerprint density at radius 2 is 1.92 bits per heavy atom. The maximum atomic E-state index is 5.87. The van der Waals surface area contributed by atoms with Crippen molar-refractivity contribution in [2.45, 2.75) is 26.8 Å². The second kappa shape index (κ2) is 7.67. The van der Waals surface area contributed by atoms with E-state index in [0.29, 0.717) is 6.54 Å². The Morgan fingerprint density at radius 1 is 1.08 bits per heavy atom. The molecule has 1 heterocycles. The van der Waals surface area contributed by atoms with E-state index in [4.69, 9.17) is 4.74 Å². The first kappa shape index (κ1) is 16.8. The maximum absolute atomic E-state index is 5.87. The molecule has 0 atom stereocenters. The van der Waals surface area contributed by atoms with Crippen molar-refractivity contribution in [3.05, 3.63) is 64.1 Å². The molecule has 3 aromatic rings. The highest BCUT2D eigenvalue weighted by atomic mass is 79.9. The van der Waals surface area contributed by atoms with Gasteiger partial charge in [-0.2, -0.15) is 0 Å². The third kappa shape index (κ3) is 4.06. The number of ether oxygens (including phenoxy) is 1. The molecule has 0 saturated carbocycles. The molecule has 0 amide bonds. The lowest BCUT2D eigenvalue weighted by molar-refractivity contribution is 0.314. The number of aromatic nitrogens is 1. The number of hydrogen-bond acceptors (Lipinski definition) is 3. The quantitative estimate of drug-likeness (QED) is 0.591. The Bertz CT molecular complexity index is 848. The van der Waals surface area contributed by atoms with Crippen LogP contribution in [0.5, 0.6) is 5.75 Å². The number of nitrogens with one attached hydrogen (secondary N) is 1. The minimum Gasteiger partial charge on any atom is -0.493 e. The molecule has 0 aliphatic rings. The topological polar surface area (TPSA) is 34.1 Å². The molecule has 24 heavy (non-hydrogen) atoms. The van der Waals surface area contributed by atoms with Gasteiger partial charge in [-0.05, 0) is 49.2 Å². The van der Waals surface area contributed by atoms with E-state index in [-0.39, 0.29) is 0 Å². The zero-order valence-corrected chi connectivity index (χ0v) is 15.6. The molecular formula is C20H21BrN2O. The van der Waals surface area contributed by atoms with Gasteiger partial charge in [0, 0.05) is 22.0 Å². The molecule has 0 bridgehead atoms. The van der Waals surface area contributed by atoms with Gasteiger partial charge in [-0.3, -0.25) is 0 Å². The van der Waals surface area contributed by atoms with Gasteiger partial charge in [0.05, 0.1) is 12.1 Å². The molecule has 124 valence electrons. The molecule has 0 spiro atoms. The van der Waals surface area contributed by atoms with Crippen LogP contribution in [-0.2, 0) is 6.54 Å². The summed E-state index contributed by atoms with van der Waals surface area (Å²) < 4.78 is 6.91. The first-order valence-electron chi connectivity index (χ1n) is 8.18. The van der Waals surface area contributed by atoms with E-state index < -0.39 is 0 Å². The van der Waals surface area contributed by atoms with E-state index >= 15 is 0 Å². The molecule has 0 radical (unpaired) electrons. The molecule has 0 fully saturated rings. The van der Waals surface area contributed by atoms with Crippen LogP contribution in [0.15, 0.2) is 53.0 Å². The fourth-order valence-corrected chi connectivity index (χ4v) is 2.88. The highest BCUT2D eigenvalue weighted by molar-refractivity contribution is 9.10. The van der Waals surface area contributed by atoms with Crippen LogP contribution in [0, 0.1) is 6.92 Å². The van der Waals surface area contributed by atoms with E-state index in [1.165, 1.54) is 5.56 Å². The van der Waals surface area contributed by atoms with Crippen molar-refractivity contribution in [2.24, 2.45) is 0 Å². The van der Waals surface area contributed by atoms with Gasteiger partial charge >= 0.3 is 0 Å². The third-order valence-corrected chi connectivity index (χ3v) is 4.29. The molecule has 0 aliphatic carbocycles. The molecule has 1 N–H and O–H groups in total. The predicted octanol–water partition coefficient (Wildman–Crippen LogP) is 5.71. The molecule has 3 rings (SSSR count). The number of rotatable bonds is 6. The molecule has 3 nitrogen and oxygen atoms in total. The Morgan fingerprint density at radius 3 is 2.75 bits per heavy atom. The maximum Gasteiger partial charge on any atom is 0.126 e. The van der Waals surface area contributed by atoms with Crippen LogP contribution in [-0.4, -0.2) is 11.6 Å². The first-order valence-corrected chi connectivity index (χ1v) is 8.97. The van der Waals surface area contributed by atoms with E-state index in [2.05, 4.69) is 70.4 Å². The molecule has 2 aromatic carbocycles. The lowest BCUT2D eigenvalue weighted by atomic mass is 10.1. The fourth-order valence-electron chi connectivity index (χ4n) is 2.53. The standard InChI is InChI=1S/C20H21BrN2O/c1-3-10-24-19-11-14(2)4-5-16(19)13-22-20-9-7-15-6-8-17(21)12-18(15)23-20/h4-9,11-12H,3,10,13H2,1-2H3,(H,22,23).